The van der Waals surface area contributed by atoms with Gasteiger partial charge in [0, 0.05) is 5.38 Å². The first-order valence-electron chi connectivity index (χ1n) is 6.77. The molecule has 0 aliphatic heterocycles. The highest BCUT2D eigenvalue weighted by molar-refractivity contribution is 7.07. The lowest BCUT2D eigenvalue weighted by Crippen LogP contribution is -2.05. The predicted octanol–water partition coefficient (Wildman–Crippen LogP) is 2.77. The summed E-state index contributed by atoms with van der Waals surface area (Å²) in [5.74, 6) is 0.950. The largest absolute Gasteiger partial charge is 0.487 e. The van der Waals surface area contributed by atoms with Gasteiger partial charge in [0.15, 0.2) is 12.4 Å². The molecule has 3 rings (SSSR count). The van der Waals surface area contributed by atoms with Crippen molar-refractivity contribution in [2.45, 2.75) is 20.1 Å². The second kappa shape index (κ2) is 7.01. The number of hydrogen-bond acceptors (Lipinski definition) is 8. The molecule has 3 aromatic rings. The highest BCUT2D eigenvalue weighted by Gasteiger charge is 2.10. The lowest BCUT2D eigenvalue weighted by molar-refractivity contribution is 0.0430. The van der Waals surface area contributed by atoms with Crippen molar-refractivity contribution in [1.82, 2.24) is 15.1 Å². The van der Waals surface area contributed by atoms with Gasteiger partial charge in [0.25, 0.3) is 5.89 Å². The van der Waals surface area contributed by atoms with Crippen molar-refractivity contribution in [3.05, 3.63) is 58.1 Å². The van der Waals surface area contributed by atoms with Crippen molar-refractivity contribution < 1.29 is 18.8 Å². The molecule has 2 heterocycles. The molecule has 0 bridgehead atoms. The second-order valence-corrected chi connectivity index (χ2v) is 5.32. The van der Waals surface area contributed by atoms with Crippen LogP contribution < -0.4 is 4.74 Å². The van der Waals surface area contributed by atoms with E-state index in [1.54, 1.807) is 36.7 Å². The summed E-state index contributed by atoms with van der Waals surface area (Å²) in [6.07, 6.45) is 0. The van der Waals surface area contributed by atoms with Crippen LogP contribution in [-0.2, 0) is 18.0 Å². The Hall–Kier alpha value is -2.74. The van der Waals surface area contributed by atoms with Gasteiger partial charge in [0.1, 0.15) is 12.4 Å². The molecular weight excluding hydrogens is 318 g/mol. The maximum absolute atomic E-state index is 11.9. The fourth-order valence-electron chi connectivity index (χ4n) is 1.76. The molecule has 23 heavy (non-hydrogen) atoms. The molecule has 0 aliphatic carbocycles. The average molecular weight is 331 g/mol. The molecule has 2 aromatic heterocycles. The number of aromatic nitrogens is 3. The third kappa shape index (κ3) is 4.13. The number of ether oxygens (including phenoxy) is 2. The van der Waals surface area contributed by atoms with Gasteiger partial charge in [-0.3, -0.25) is 0 Å². The van der Waals surface area contributed by atoms with Gasteiger partial charge in [-0.05, 0) is 31.2 Å². The summed E-state index contributed by atoms with van der Waals surface area (Å²) in [4.78, 5) is 20.0. The number of aryl methyl sites for hydroxylation is 1. The molecule has 1 aromatic carbocycles. The van der Waals surface area contributed by atoms with Gasteiger partial charge in [-0.1, -0.05) is 5.16 Å². The third-order valence-corrected chi connectivity index (χ3v) is 3.49. The summed E-state index contributed by atoms with van der Waals surface area (Å²) in [5, 5.41) is 5.54. The Balaban J connectivity index is 1.52. The maximum Gasteiger partial charge on any atom is 0.338 e. The van der Waals surface area contributed by atoms with Gasteiger partial charge in [0.2, 0.25) is 0 Å². The van der Waals surface area contributed by atoms with Crippen LogP contribution in [0.15, 0.2) is 39.7 Å². The van der Waals surface area contributed by atoms with Crippen LogP contribution in [0.5, 0.6) is 5.75 Å². The van der Waals surface area contributed by atoms with Crippen LogP contribution in [0.1, 0.15) is 27.8 Å². The van der Waals surface area contributed by atoms with Crippen LogP contribution >= 0.6 is 11.3 Å². The monoisotopic (exact) mass is 331 g/mol. The van der Waals surface area contributed by atoms with E-state index in [-0.39, 0.29) is 12.5 Å². The van der Waals surface area contributed by atoms with Gasteiger partial charge >= 0.3 is 5.97 Å². The average Bonchev–Trinajstić information content (AvgIpc) is 3.22. The SMILES string of the molecule is Cc1noc(COC(=O)c2ccc(OCc3cscn3)cc2)n1. The van der Waals surface area contributed by atoms with Gasteiger partial charge in [0.05, 0.1) is 16.8 Å². The predicted molar refractivity (Wildman–Crippen MR) is 81.0 cm³/mol. The first kappa shape index (κ1) is 15.2. The van der Waals surface area contributed by atoms with E-state index in [1.807, 2.05) is 5.38 Å². The number of rotatable bonds is 6. The number of carbonyl (C=O) groups is 1. The summed E-state index contributed by atoms with van der Waals surface area (Å²) in [7, 11) is 0. The van der Waals surface area contributed by atoms with Crippen molar-refractivity contribution >= 4 is 17.3 Å². The van der Waals surface area contributed by atoms with Crippen LogP contribution in [0.2, 0.25) is 0 Å². The summed E-state index contributed by atoms with van der Waals surface area (Å²) < 4.78 is 15.6. The highest BCUT2D eigenvalue weighted by Crippen LogP contribution is 2.15. The van der Waals surface area contributed by atoms with Crippen LogP contribution in [0.25, 0.3) is 0 Å². The number of esters is 1. The van der Waals surface area contributed by atoms with Crippen LogP contribution in [-0.4, -0.2) is 21.1 Å². The fraction of sp³-hybridized carbons (Fsp3) is 0.200. The summed E-state index contributed by atoms with van der Waals surface area (Å²) in [5.41, 5.74) is 3.04. The Morgan fingerprint density at radius 3 is 2.74 bits per heavy atom. The van der Waals surface area contributed by atoms with E-state index in [9.17, 15) is 4.79 Å². The van der Waals surface area contributed by atoms with Gasteiger partial charge in [-0.25, -0.2) is 9.78 Å². The molecule has 0 N–H and O–H groups in total. The molecule has 0 spiro atoms. The number of benzene rings is 1. The van der Waals surface area contributed by atoms with Crippen molar-refractivity contribution in [1.29, 1.82) is 0 Å². The Morgan fingerprint density at radius 2 is 2.09 bits per heavy atom. The molecule has 118 valence electrons. The van der Waals surface area contributed by atoms with E-state index < -0.39 is 5.97 Å². The van der Waals surface area contributed by atoms with E-state index in [4.69, 9.17) is 14.0 Å². The smallest absolute Gasteiger partial charge is 0.338 e. The lowest BCUT2D eigenvalue weighted by atomic mass is 10.2. The van der Waals surface area contributed by atoms with E-state index in [0.717, 1.165) is 5.69 Å². The molecule has 0 radical (unpaired) electrons. The lowest BCUT2D eigenvalue weighted by Gasteiger charge is -2.05. The zero-order chi connectivity index (χ0) is 16.1. The number of hydrogen-bond donors (Lipinski definition) is 0. The minimum Gasteiger partial charge on any atom is -0.487 e. The zero-order valence-corrected chi connectivity index (χ0v) is 13.1. The normalized spacial score (nSPS) is 10.5. The Morgan fingerprint density at radius 1 is 1.26 bits per heavy atom. The molecular formula is C15H13N3O4S. The van der Waals surface area contributed by atoms with E-state index >= 15 is 0 Å². The quantitative estimate of drug-likeness (QED) is 0.642. The molecule has 8 heteroatoms. The summed E-state index contributed by atoms with van der Waals surface area (Å²) in [6.45, 7) is 2.03. The van der Waals surface area contributed by atoms with E-state index in [2.05, 4.69) is 15.1 Å². The number of nitrogens with zero attached hydrogens (tertiary/aromatic N) is 3. The van der Waals surface area contributed by atoms with Crippen molar-refractivity contribution in [3.63, 3.8) is 0 Å². The van der Waals surface area contributed by atoms with Crippen LogP contribution in [0.3, 0.4) is 0 Å². The molecule has 0 aliphatic rings. The third-order valence-electron chi connectivity index (χ3n) is 2.86. The molecule has 0 saturated heterocycles. The van der Waals surface area contributed by atoms with Gasteiger partial charge in [-0.15, -0.1) is 11.3 Å². The Kier molecular flexibility index (Phi) is 4.62. The van der Waals surface area contributed by atoms with Gasteiger partial charge < -0.3 is 14.0 Å². The molecule has 0 atom stereocenters. The molecule has 0 saturated carbocycles. The second-order valence-electron chi connectivity index (χ2n) is 4.60. The van der Waals surface area contributed by atoms with Crippen LogP contribution in [0, 0.1) is 6.92 Å². The minimum atomic E-state index is -0.466. The number of thiazole rings is 1. The molecule has 0 amide bonds. The highest BCUT2D eigenvalue weighted by atomic mass is 32.1. The zero-order valence-electron chi connectivity index (χ0n) is 12.3. The van der Waals surface area contributed by atoms with Crippen molar-refractivity contribution in [3.8, 4) is 5.75 Å². The molecule has 7 nitrogen and oxygen atoms in total. The fourth-order valence-corrected chi connectivity index (χ4v) is 2.31. The maximum atomic E-state index is 11.9. The summed E-state index contributed by atoms with van der Waals surface area (Å²) >= 11 is 1.52. The first-order valence-corrected chi connectivity index (χ1v) is 7.71. The topological polar surface area (TPSA) is 87.3 Å². The Labute approximate surface area is 135 Å². The first-order chi connectivity index (χ1) is 11.2. The standard InChI is InChI=1S/C15H13N3O4S/c1-10-17-14(22-18-10)7-21-15(19)11-2-4-13(5-3-11)20-6-12-8-23-9-16-12/h2-5,8-9H,6-7H2,1H3. The molecule has 0 unspecified atom stereocenters. The Bertz CT molecular complexity index is 768. The summed E-state index contributed by atoms with van der Waals surface area (Å²) in [6, 6.07) is 6.69. The number of carbonyl (C=O) groups excluding carboxylic acids is 1. The van der Waals surface area contributed by atoms with Crippen molar-refractivity contribution in [2.24, 2.45) is 0 Å². The van der Waals surface area contributed by atoms with Crippen LogP contribution in [0.4, 0.5) is 0 Å². The van der Waals surface area contributed by atoms with E-state index in [0.29, 0.717) is 23.7 Å². The molecule has 0 fully saturated rings. The minimum absolute atomic E-state index is 0.0538. The van der Waals surface area contributed by atoms with Crippen molar-refractivity contribution in [2.75, 3.05) is 0 Å². The van der Waals surface area contributed by atoms with E-state index in [1.165, 1.54) is 11.3 Å². The van der Waals surface area contributed by atoms with Gasteiger partial charge in [-0.2, -0.15) is 4.98 Å².